The predicted molar refractivity (Wildman–Crippen MR) is 91.8 cm³/mol. The maximum Gasteiger partial charge on any atom is 0.410 e. The molecule has 1 saturated heterocycles. The van der Waals surface area contributed by atoms with E-state index in [4.69, 9.17) is 15.9 Å². The van der Waals surface area contributed by atoms with Crippen molar-refractivity contribution in [3.8, 4) is 18.1 Å². The maximum atomic E-state index is 14.2. The molecule has 25 heavy (non-hydrogen) atoms. The number of hydrogen-bond acceptors (Lipinski definition) is 4. The van der Waals surface area contributed by atoms with Crippen molar-refractivity contribution >= 4 is 18.5 Å². The van der Waals surface area contributed by atoms with Crippen LogP contribution >= 0.6 is 12.4 Å². The quantitative estimate of drug-likeness (QED) is 0.805. The number of rotatable bonds is 5. The van der Waals surface area contributed by atoms with E-state index in [-0.39, 0.29) is 36.4 Å². The third-order valence-electron chi connectivity index (χ3n) is 3.86. The molecule has 8 heteroatoms. The van der Waals surface area contributed by atoms with E-state index in [0.717, 1.165) is 18.6 Å². The number of carbonyl (C=O) groups excluding carboxylic acids is 1. The number of terminal acetylenes is 1. The lowest BCUT2D eigenvalue weighted by molar-refractivity contribution is 0.0697. The summed E-state index contributed by atoms with van der Waals surface area (Å²) in [6.45, 7) is 3.13. The minimum atomic E-state index is -0.912. The van der Waals surface area contributed by atoms with Gasteiger partial charge in [-0.1, -0.05) is 12.8 Å². The van der Waals surface area contributed by atoms with Gasteiger partial charge in [0.15, 0.2) is 11.6 Å². The van der Waals surface area contributed by atoms with E-state index in [0.29, 0.717) is 19.6 Å². The third-order valence-corrected chi connectivity index (χ3v) is 3.86. The molecule has 1 N–H and O–H groups in total. The van der Waals surface area contributed by atoms with E-state index in [1.54, 1.807) is 4.90 Å². The van der Waals surface area contributed by atoms with Crippen LogP contribution in [-0.2, 0) is 11.3 Å². The molecule has 0 spiro atoms. The van der Waals surface area contributed by atoms with Gasteiger partial charge in [-0.15, -0.1) is 18.8 Å². The molecule has 1 aliphatic heterocycles. The number of amides is 1. The Labute approximate surface area is 152 Å². The fourth-order valence-electron chi connectivity index (χ4n) is 2.52. The van der Waals surface area contributed by atoms with Crippen LogP contribution in [0.2, 0.25) is 0 Å². The maximum absolute atomic E-state index is 14.2. The van der Waals surface area contributed by atoms with E-state index in [1.165, 1.54) is 0 Å². The zero-order valence-electron chi connectivity index (χ0n) is 13.9. The second kappa shape index (κ2) is 10.1. The Bertz CT molecular complexity index is 637. The Hall–Kier alpha value is -2.04. The highest BCUT2D eigenvalue weighted by molar-refractivity contribution is 5.85. The largest absolute Gasteiger partial charge is 0.478 e. The molecule has 0 radical (unpaired) electrons. The second-order valence-electron chi connectivity index (χ2n) is 5.35. The molecule has 138 valence electrons. The minimum Gasteiger partial charge on any atom is -0.478 e. The molecule has 1 amide bonds. The highest BCUT2D eigenvalue weighted by Crippen LogP contribution is 2.24. The standard InChI is InChI=1S/C17H20F2N2O3.ClH/c1-3-9-23-15-6-5-14(18)13(16(15)19)11-24-17(22)21-8-7-20-10-12(21)4-2;/h1,5-6,12,20H,4,7-11H2,2H3;1H. The number of nitrogens with zero attached hydrogens (tertiary/aromatic N) is 1. The molecule has 1 aromatic carbocycles. The summed E-state index contributed by atoms with van der Waals surface area (Å²) in [7, 11) is 0. The molecular weight excluding hydrogens is 354 g/mol. The number of nitrogens with one attached hydrogen (secondary N) is 1. The van der Waals surface area contributed by atoms with E-state index in [2.05, 4.69) is 11.2 Å². The molecule has 1 fully saturated rings. The number of hydrogen-bond donors (Lipinski definition) is 1. The molecule has 0 aliphatic carbocycles. The number of ether oxygens (including phenoxy) is 2. The number of piperazine rings is 1. The van der Waals surface area contributed by atoms with Gasteiger partial charge in [-0.2, -0.15) is 0 Å². The Morgan fingerprint density at radius 1 is 1.48 bits per heavy atom. The molecule has 1 aromatic rings. The first kappa shape index (κ1) is 21.0. The normalized spacial score (nSPS) is 16.6. The molecule has 0 aromatic heterocycles. The fourth-order valence-corrected chi connectivity index (χ4v) is 2.52. The van der Waals surface area contributed by atoms with E-state index in [1.807, 2.05) is 6.92 Å². The van der Waals surface area contributed by atoms with Gasteiger partial charge in [-0.25, -0.2) is 13.6 Å². The van der Waals surface area contributed by atoms with Crippen molar-refractivity contribution in [2.24, 2.45) is 0 Å². The summed E-state index contributed by atoms with van der Waals surface area (Å²) in [5, 5.41) is 3.19. The van der Waals surface area contributed by atoms with Gasteiger partial charge in [0.1, 0.15) is 19.0 Å². The van der Waals surface area contributed by atoms with Crippen LogP contribution in [0.3, 0.4) is 0 Å². The van der Waals surface area contributed by atoms with Crippen LogP contribution in [0, 0.1) is 24.0 Å². The summed E-state index contributed by atoms with van der Waals surface area (Å²) < 4.78 is 38.2. The van der Waals surface area contributed by atoms with Crippen molar-refractivity contribution < 1.29 is 23.0 Å². The van der Waals surface area contributed by atoms with Gasteiger partial charge in [0, 0.05) is 25.7 Å². The number of benzene rings is 1. The lowest BCUT2D eigenvalue weighted by Crippen LogP contribution is -2.53. The van der Waals surface area contributed by atoms with Crippen molar-refractivity contribution in [2.75, 3.05) is 26.2 Å². The Kier molecular flexibility index (Phi) is 8.46. The Balaban J connectivity index is 0.00000312. The van der Waals surface area contributed by atoms with Gasteiger partial charge < -0.3 is 19.7 Å². The zero-order valence-corrected chi connectivity index (χ0v) is 14.7. The molecule has 2 rings (SSSR count). The average Bonchev–Trinajstić information content (AvgIpc) is 2.60. The first-order valence-electron chi connectivity index (χ1n) is 7.75. The summed E-state index contributed by atoms with van der Waals surface area (Å²) in [4.78, 5) is 13.8. The summed E-state index contributed by atoms with van der Waals surface area (Å²) in [5.41, 5.74) is -0.360. The number of halogens is 3. The molecule has 5 nitrogen and oxygen atoms in total. The van der Waals surface area contributed by atoms with Crippen LogP contribution in [0.25, 0.3) is 0 Å². The van der Waals surface area contributed by atoms with Gasteiger partial charge >= 0.3 is 6.09 Å². The van der Waals surface area contributed by atoms with Crippen LogP contribution in [0.4, 0.5) is 13.6 Å². The third kappa shape index (κ3) is 5.21. The molecular formula is C17H21ClF2N2O3. The summed E-state index contributed by atoms with van der Waals surface area (Å²) >= 11 is 0. The molecule has 1 unspecified atom stereocenters. The highest BCUT2D eigenvalue weighted by Gasteiger charge is 2.27. The Morgan fingerprint density at radius 3 is 2.92 bits per heavy atom. The molecule has 1 aliphatic rings. The van der Waals surface area contributed by atoms with Crippen molar-refractivity contribution in [3.63, 3.8) is 0 Å². The van der Waals surface area contributed by atoms with Gasteiger partial charge in [-0.3, -0.25) is 0 Å². The van der Waals surface area contributed by atoms with Gasteiger partial charge in [0.2, 0.25) is 0 Å². The average molecular weight is 375 g/mol. The van der Waals surface area contributed by atoms with Crippen LogP contribution in [0.15, 0.2) is 12.1 Å². The fraction of sp³-hybridized carbons (Fsp3) is 0.471. The molecule has 0 bridgehead atoms. The first-order valence-corrected chi connectivity index (χ1v) is 7.75. The van der Waals surface area contributed by atoms with Crippen molar-refractivity contribution in [1.29, 1.82) is 0 Å². The zero-order chi connectivity index (χ0) is 17.5. The van der Waals surface area contributed by atoms with E-state index >= 15 is 0 Å². The van der Waals surface area contributed by atoms with Crippen molar-refractivity contribution in [2.45, 2.75) is 26.0 Å². The summed E-state index contributed by atoms with van der Waals surface area (Å²) in [5.74, 6) is 0.313. The minimum absolute atomic E-state index is 0. The molecule has 1 heterocycles. The summed E-state index contributed by atoms with van der Waals surface area (Å²) in [6.07, 6.45) is 5.23. The topological polar surface area (TPSA) is 50.8 Å². The highest BCUT2D eigenvalue weighted by atomic mass is 35.5. The van der Waals surface area contributed by atoms with Crippen LogP contribution in [0.5, 0.6) is 5.75 Å². The molecule has 1 atom stereocenters. The number of carbonyl (C=O) groups is 1. The van der Waals surface area contributed by atoms with Crippen LogP contribution in [0.1, 0.15) is 18.9 Å². The van der Waals surface area contributed by atoms with E-state index in [9.17, 15) is 13.6 Å². The van der Waals surface area contributed by atoms with Crippen LogP contribution < -0.4 is 10.1 Å². The van der Waals surface area contributed by atoms with Gasteiger partial charge in [-0.05, 0) is 18.6 Å². The van der Waals surface area contributed by atoms with Crippen LogP contribution in [-0.4, -0.2) is 43.3 Å². The molecule has 0 saturated carbocycles. The van der Waals surface area contributed by atoms with Gasteiger partial charge in [0.05, 0.1) is 5.56 Å². The van der Waals surface area contributed by atoms with Crippen molar-refractivity contribution in [3.05, 3.63) is 29.3 Å². The monoisotopic (exact) mass is 374 g/mol. The van der Waals surface area contributed by atoms with E-state index < -0.39 is 24.3 Å². The predicted octanol–water partition coefficient (Wildman–Crippen LogP) is 2.72. The Morgan fingerprint density at radius 2 is 2.24 bits per heavy atom. The summed E-state index contributed by atoms with van der Waals surface area (Å²) in [6, 6.07) is 2.21. The lowest BCUT2D eigenvalue weighted by atomic mass is 10.1. The van der Waals surface area contributed by atoms with Crippen molar-refractivity contribution in [1.82, 2.24) is 10.2 Å². The SMILES string of the molecule is C#CCOc1ccc(F)c(COC(=O)N2CCNCC2CC)c1F.Cl. The second-order valence-corrected chi connectivity index (χ2v) is 5.35. The van der Waals surface area contributed by atoms with Gasteiger partial charge in [0.25, 0.3) is 0 Å². The first-order chi connectivity index (χ1) is 11.6. The lowest BCUT2D eigenvalue weighted by Gasteiger charge is -2.34. The smallest absolute Gasteiger partial charge is 0.410 e.